The van der Waals surface area contributed by atoms with Crippen molar-refractivity contribution in [2.75, 3.05) is 0 Å². The second kappa shape index (κ2) is 5.15. The molecule has 0 saturated carbocycles. The average molecular weight is 311 g/mol. The van der Waals surface area contributed by atoms with Gasteiger partial charge in [-0.05, 0) is 18.3 Å². The number of hydrogen-bond donors (Lipinski definition) is 1. The molecule has 7 heteroatoms. The minimum absolute atomic E-state index is 0.154. The predicted octanol–water partition coefficient (Wildman–Crippen LogP) is 1.95. The van der Waals surface area contributed by atoms with E-state index in [2.05, 4.69) is 31.2 Å². The summed E-state index contributed by atoms with van der Waals surface area (Å²) >= 11 is 8.29. The van der Waals surface area contributed by atoms with Crippen molar-refractivity contribution in [3.05, 3.63) is 55.6 Å². The van der Waals surface area contributed by atoms with Crippen LogP contribution in [0.1, 0.15) is 5.56 Å². The highest BCUT2D eigenvalue weighted by Crippen LogP contribution is 2.13. The first-order chi connectivity index (χ1) is 8.18. The van der Waals surface area contributed by atoms with Crippen LogP contribution in [0.5, 0.6) is 0 Å². The van der Waals surface area contributed by atoms with Crippen molar-refractivity contribution >= 4 is 34.4 Å². The van der Waals surface area contributed by atoms with E-state index in [1.54, 1.807) is 6.21 Å². The highest BCUT2D eigenvalue weighted by molar-refractivity contribution is 9.10. The molecule has 1 aromatic carbocycles. The second-order valence-corrected chi connectivity index (χ2v) is 4.33. The standard InChI is InChI=1S/C10H7BrN4OS/c11-8-4-2-1-3-7(8)5-13-15-9(16)6-12-14-10(15)17/h1-6H,(H,14,17)/b13-5+. The molecule has 0 aliphatic carbocycles. The van der Waals surface area contributed by atoms with E-state index in [0.29, 0.717) is 0 Å². The molecule has 0 fully saturated rings. The first-order valence-corrected chi connectivity index (χ1v) is 5.84. The molecule has 0 spiro atoms. The Balaban J connectivity index is 2.43. The molecular weight excluding hydrogens is 304 g/mol. The fourth-order valence-electron chi connectivity index (χ4n) is 1.15. The van der Waals surface area contributed by atoms with Gasteiger partial charge in [0.25, 0.3) is 5.56 Å². The van der Waals surface area contributed by atoms with E-state index in [0.717, 1.165) is 20.9 Å². The summed E-state index contributed by atoms with van der Waals surface area (Å²) in [6, 6.07) is 7.53. The smallest absolute Gasteiger partial charge is 0.265 e. The Kier molecular flexibility index (Phi) is 3.60. The Morgan fingerprint density at radius 2 is 2.24 bits per heavy atom. The van der Waals surface area contributed by atoms with Crippen LogP contribution in [0, 0.1) is 4.77 Å². The summed E-state index contributed by atoms with van der Waals surface area (Å²) in [5.74, 6) is 0. The van der Waals surface area contributed by atoms with Gasteiger partial charge in [0.05, 0.1) is 6.21 Å². The molecule has 5 nitrogen and oxygen atoms in total. The van der Waals surface area contributed by atoms with Crippen LogP contribution in [-0.2, 0) is 0 Å². The highest BCUT2D eigenvalue weighted by Gasteiger charge is 1.96. The summed E-state index contributed by atoms with van der Waals surface area (Å²) in [6.07, 6.45) is 2.67. The second-order valence-electron chi connectivity index (χ2n) is 3.09. The number of hydrogen-bond acceptors (Lipinski definition) is 4. The summed E-state index contributed by atoms with van der Waals surface area (Å²) in [7, 11) is 0. The van der Waals surface area contributed by atoms with Crippen LogP contribution < -0.4 is 5.56 Å². The van der Waals surface area contributed by atoms with E-state index < -0.39 is 0 Å². The maximum absolute atomic E-state index is 11.4. The number of H-pyrrole nitrogens is 1. The van der Waals surface area contributed by atoms with Crippen LogP contribution in [0.2, 0.25) is 0 Å². The quantitative estimate of drug-likeness (QED) is 0.681. The molecule has 0 aliphatic heterocycles. The van der Waals surface area contributed by atoms with Gasteiger partial charge in [0.1, 0.15) is 6.20 Å². The minimum atomic E-state index is -0.378. The number of rotatable bonds is 2. The van der Waals surface area contributed by atoms with Crippen molar-refractivity contribution in [1.82, 2.24) is 14.9 Å². The van der Waals surface area contributed by atoms with E-state index in [1.165, 1.54) is 0 Å². The molecule has 0 amide bonds. The monoisotopic (exact) mass is 310 g/mol. The highest BCUT2D eigenvalue weighted by atomic mass is 79.9. The van der Waals surface area contributed by atoms with E-state index in [9.17, 15) is 4.79 Å². The number of aromatic nitrogens is 3. The molecule has 1 heterocycles. The van der Waals surface area contributed by atoms with Gasteiger partial charge in [-0.25, -0.2) is 0 Å². The number of nitrogens with one attached hydrogen (secondary N) is 1. The van der Waals surface area contributed by atoms with Gasteiger partial charge in [-0.15, -0.1) is 0 Å². The van der Waals surface area contributed by atoms with Crippen molar-refractivity contribution in [3.63, 3.8) is 0 Å². The third-order valence-electron chi connectivity index (χ3n) is 1.95. The molecule has 2 rings (SSSR count). The molecule has 17 heavy (non-hydrogen) atoms. The van der Waals surface area contributed by atoms with Gasteiger partial charge in [0.15, 0.2) is 0 Å². The van der Waals surface area contributed by atoms with Gasteiger partial charge in [-0.1, -0.05) is 34.1 Å². The SMILES string of the molecule is O=c1cn[nH]c(=S)n1/N=C/c1ccccc1Br. The molecule has 0 atom stereocenters. The molecule has 1 N–H and O–H groups in total. The largest absolute Gasteiger partial charge is 0.293 e. The number of benzene rings is 1. The summed E-state index contributed by atoms with van der Waals surface area (Å²) < 4.78 is 2.11. The Hall–Kier alpha value is -1.60. The van der Waals surface area contributed by atoms with Gasteiger partial charge in [-0.3, -0.25) is 9.89 Å². The topological polar surface area (TPSA) is 63.0 Å². The molecular formula is C10H7BrN4OS. The van der Waals surface area contributed by atoms with E-state index >= 15 is 0 Å². The van der Waals surface area contributed by atoms with E-state index in [-0.39, 0.29) is 10.3 Å². The maximum Gasteiger partial charge on any atom is 0.293 e. The van der Waals surface area contributed by atoms with Gasteiger partial charge in [0, 0.05) is 10.0 Å². The van der Waals surface area contributed by atoms with Gasteiger partial charge in [-0.2, -0.15) is 14.9 Å². The zero-order valence-corrected chi connectivity index (χ0v) is 10.9. The molecule has 0 aliphatic rings. The lowest BCUT2D eigenvalue weighted by molar-refractivity contribution is 0.738. The molecule has 0 bridgehead atoms. The van der Waals surface area contributed by atoms with Crippen molar-refractivity contribution in [2.24, 2.45) is 5.10 Å². The normalized spacial score (nSPS) is 10.9. The molecule has 0 unspecified atom stereocenters. The molecule has 0 radical (unpaired) electrons. The third kappa shape index (κ3) is 2.75. The summed E-state index contributed by atoms with van der Waals surface area (Å²) in [5, 5.41) is 10.1. The van der Waals surface area contributed by atoms with Crippen molar-refractivity contribution in [2.45, 2.75) is 0 Å². The minimum Gasteiger partial charge on any atom is -0.265 e. The third-order valence-corrected chi connectivity index (χ3v) is 2.94. The Morgan fingerprint density at radius 3 is 2.94 bits per heavy atom. The first-order valence-electron chi connectivity index (χ1n) is 4.64. The van der Waals surface area contributed by atoms with Crippen molar-refractivity contribution < 1.29 is 0 Å². The fourth-order valence-corrected chi connectivity index (χ4v) is 1.73. The van der Waals surface area contributed by atoms with Gasteiger partial charge < -0.3 is 0 Å². The van der Waals surface area contributed by atoms with Crippen LogP contribution in [0.25, 0.3) is 0 Å². The summed E-state index contributed by atoms with van der Waals surface area (Å²) in [6.45, 7) is 0. The molecule has 1 aromatic heterocycles. The Morgan fingerprint density at radius 1 is 1.47 bits per heavy atom. The zero-order valence-electron chi connectivity index (χ0n) is 8.50. The first kappa shape index (κ1) is 11.9. The van der Waals surface area contributed by atoms with Crippen LogP contribution in [0.4, 0.5) is 0 Å². The zero-order chi connectivity index (χ0) is 12.3. The summed E-state index contributed by atoms with van der Waals surface area (Å²) in [5.41, 5.74) is 0.475. The van der Waals surface area contributed by atoms with Crippen LogP contribution >= 0.6 is 28.1 Å². The molecule has 2 aromatic rings. The fraction of sp³-hybridized carbons (Fsp3) is 0. The molecule has 0 saturated heterocycles. The Labute approximate surface area is 110 Å². The van der Waals surface area contributed by atoms with Crippen LogP contribution in [0.15, 0.2) is 44.8 Å². The Bertz CT molecular complexity index is 648. The lowest BCUT2D eigenvalue weighted by Crippen LogP contribution is -2.18. The van der Waals surface area contributed by atoms with Crippen LogP contribution in [0.3, 0.4) is 0 Å². The van der Waals surface area contributed by atoms with E-state index in [4.69, 9.17) is 12.2 Å². The van der Waals surface area contributed by atoms with Crippen molar-refractivity contribution in [1.29, 1.82) is 0 Å². The summed E-state index contributed by atoms with van der Waals surface area (Å²) in [4.78, 5) is 11.4. The van der Waals surface area contributed by atoms with Crippen LogP contribution in [-0.4, -0.2) is 21.1 Å². The van der Waals surface area contributed by atoms with Gasteiger partial charge >= 0.3 is 0 Å². The number of aromatic amines is 1. The number of nitrogens with zero attached hydrogens (tertiary/aromatic N) is 3. The average Bonchev–Trinajstić information content (AvgIpc) is 2.30. The van der Waals surface area contributed by atoms with Gasteiger partial charge in [0.2, 0.25) is 4.77 Å². The lowest BCUT2D eigenvalue weighted by atomic mass is 10.2. The van der Waals surface area contributed by atoms with Crippen molar-refractivity contribution in [3.8, 4) is 0 Å². The maximum atomic E-state index is 11.4. The lowest BCUT2D eigenvalue weighted by Gasteiger charge is -1.98. The number of halogens is 1. The molecule has 86 valence electrons. The van der Waals surface area contributed by atoms with E-state index in [1.807, 2.05) is 24.3 Å². The predicted molar refractivity (Wildman–Crippen MR) is 70.8 cm³/mol.